The monoisotopic (exact) mass is 299 g/mol. The summed E-state index contributed by atoms with van der Waals surface area (Å²) in [6.07, 6.45) is 3.48. The maximum absolute atomic E-state index is 12.7. The first kappa shape index (κ1) is 12.8. The van der Waals surface area contributed by atoms with Gasteiger partial charge in [0.15, 0.2) is 5.66 Å². The summed E-state index contributed by atoms with van der Waals surface area (Å²) in [5, 5.41) is 0.693. The van der Waals surface area contributed by atoms with Gasteiger partial charge in [0.05, 0.1) is 0 Å². The zero-order chi connectivity index (χ0) is 14.6. The molecular formula is C16H14ClN3O. The van der Waals surface area contributed by atoms with Gasteiger partial charge in [-0.15, -0.1) is 0 Å². The summed E-state index contributed by atoms with van der Waals surface area (Å²) < 4.78 is 0. The molecule has 0 bridgehead atoms. The molecule has 3 heterocycles. The summed E-state index contributed by atoms with van der Waals surface area (Å²) in [5.74, 6) is 0.0756. The predicted molar refractivity (Wildman–Crippen MR) is 80.1 cm³/mol. The number of hydrogen-bond donors (Lipinski definition) is 0. The Kier molecular flexibility index (Phi) is 2.62. The SMILES string of the molecule is CN1CCN2C(=O)c3ccncc3C12c1ccc(Cl)cc1. The van der Waals surface area contributed by atoms with E-state index in [2.05, 4.69) is 9.88 Å². The highest BCUT2D eigenvalue weighted by atomic mass is 35.5. The smallest absolute Gasteiger partial charge is 0.256 e. The Labute approximate surface area is 128 Å². The van der Waals surface area contributed by atoms with E-state index in [0.717, 1.165) is 23.2 Å². The Morgan fingerprint density at radius 1 is 1.19 bits per heavy atom. The van der Waals surface area contributed by atoms with Crippen molar-refractivity contribution in [2.75, 3.05) is 20.1 Å². The van der Waals surface area contributed by atoms with Crippen molar-refractivity contribution in [3.8, 4) is 0 Å². The van der Waals surface area contributed by atoms with Crippen LogP contribution in [0.4, 0.5) is 0 Å². The van der Waals surface area contributed by atoms with E-state index in [4.69, 9.17) is 11.6 Å². The topological polar surface area (TPSA) is 36.4 Å². The normalized spacial score (nSPS) is 24.3. The van der Waals surface area contributed by atoms with E-state index in [1.807, 2.05) is 48.5 Å². The maximum Gasteiger partial charge on any atom is 0.256 e. The van der Waals surface area contributed by atoms with E-state index in [1.54, 1.807) is 6.20 Å². The van der Waals surface area contributed by atoms with Crippen molar-refractivity contribution < 1.29 is 4.79 Å². The number of rotatable bonds is 1. The van der Waals surface area contributed by atoms with Crippen molar-refractivity contribution in [2.45, 2.75) is 5.66 Å². The van der Waals surface area contributed by atoms with Crippen molar-refractivity contribution in [3.63, 3.8) is 0 Å². The Morgan fingerprint density at radius 3 is 2.71 bits per heavy atom. The van der Waals surface area contributed by atoms with Crippen LogP contribution in [-0.2, 0) is 5.66 Å². The summed E-state index contributed by atoms with van der Waals surface area (Å²) >= 11 is 6.02. The van der Waals surface area contributed by atoms with E-state index in [0.29, 0.717) is 11.6 Å². The van der Waals surface area contributed by atoms with E-state index in [-0.39, 0.29) is 5.91 Å². The van der Waals surface area contributed by atoms with Gasteiger partial charge in [0.25, 0.3) is 5.91 Å². The second-order valence-corrected chi connectivity index (χ2v) is 5.92. The molecule has 1 unspecified atom stereocenters. The molecule has 1 amide bonds. The number of aromatic nitrogens is 1. The number of halogens is 1. The second-order valence-electron chi connectivity index (χ2n) is 5.48. The van der Waals surface area contributed by atoms with Crippen LogP contribution in [0.5, 0.6) is 0 Å². The molecule has 0 saturated carbocycles. The molecule has 0 aliphatic carbocycles. The fourth-order valence-electron chi connectivity index (χ4n) is 3.60. The lowest BCUT2D eigenvalue weighted by Gasteiger charge is -2.38. The lowest BCUT2D eigenvalue weighted by atomic mass is 9.91. The lowest BCUT2D eigenvalue weighted by molar-refractivity contribution is 0.0527. The van der Waals surface area contributed by atoms with Gasteiger partial charge in [0.1, 0.15) is 0 Å². The van der Waals surface area contributed by atoms with E-state index < -0.39 is 5.66 Å². The van der Waals surface area contributed by atoms with Crippen LogP contribution in [0.25, 0.3) is 0 Å². The molecule has 5 heteroatoms. The van der Waals surface area contributed by atoms with Crippen molar-refractivity contribution >= 4 is 17.5 Å². The third kappa shape index (κ3) is 1.49. The Hall–Kier alpha value is -1.91. The molecular weight excluding hydrogens is 286 g/mol. The quantitative estimate of drug-likeness (QED) is 0.811. The molecule has 4 nitrogen and oxygen atoms in total. The largest absolute Gasteiger partial charge is 0.311 e. The van der Waals surface area contributed by atoms with Gasteiger partial charge in [0.2, 0.25) is 0 Å². The van der Waals surface area contributed by atoms with Crippen molar-refractivity contribution in [1.29, 1.82) is 0 Å². The van der Waals surface area contributed by atoms with Gasteiger partial charge in [0, 0.05) is 41.6 Å². The molecule has 0 radical (unpaired) electrons. The number of pyridine rings is 1. The van der Waals surface area contributed by atoms with Crippen LogP contribution in [-0.4, -0.2) is 40.8 Å². The second kappa shape index (κ2) is 4.29. The van der Waals surface area contributed by atoms with Gasteiger partial charge in [-0.2, -0.15) is 0 Å². The molecule has 1 fully saturated rings. The van der Waals surface area contributed by atoms with E-state index in [9.17, 15) is 4.79 Å². The van der Waals surface area contributed by atoms with Crippen LogP contribution < -0.4 is 0 Å². The van der Waals surface area contributed by atoms with Crippen molar-refractivity contribution in [1.82, 2.24) is 14.8 Å². The number of nitrogens with zero attached hydrogens (tertiary/aromatic N) is 3. The average Bonchev–Trinajstić information content (AvgIpc) is 2.97. The highest BCUT2D eigenvalue weighted by Gasteiger charge is 2.56. The standard InChI is InChI=1S/C16H14ClN3O/c1-19-8-9-20-15(21)13-6-7-18-10-14(13)16(19,20)11-2-4-12(17)5-3-11/h2-7,10H,8-9H2,1H3. The Balaban J connectivity index is 2.02. The van der Waals surface area contributed by atoms with Crippen molar-refractivity contribution in [2.24, 2.45) is 0 Å². The van der Waals surface area contributed by atoms with Crippen LogP contribution in [0.15, 0.2) is 42.7 Å². The Morgan fingerprint density at radius 2 is 1.95 bits per heavy atom. The molecule has 4 rings (SSSR count). The molecule has 2 aliphatic rings. The number of benzene rings is 1. The first-order chi connectivity index (χ1) is 10.2. The van der Waals surface area contributed by atoms with Gasteiger partial charge in [-0.05, 0) is 30.8 Å². The lowest BCUT2D eigenvalue weighted by Crippen LogP contribution is -2.47. The van der Waals surface area contributed by atoms with Gasteiger partial charge in [-0.3, -0.25) is 14.7 Å². The third-order valence-electron chi connectivity index (χ3n) is 4.52. The van der Waals surface area contributed by atoms with Crippen LogP contribution in [0, 0.1) is 0 Å². The molecule has 1 aromatic carbocycles. The fraction of sp³-hybridized carbons (Fsp3) is 0.250. The molecule has 21 heavy (non-hydrogen) atoms. The van der Waals surface area contributed by atoms with Gasteiger partial charge in [-0.25, -0.2) is 0 Å². The molecule has 0 N–H and O–H groups in total. The minimum Gasteiger partial charge on any atom is -0.311 e. The third-order valence-corrected chi connectivity index (χ3v) is 4.77. The summed E-state index contributed by atoms with van der Waals surface area (Å²) in [6.45, 7) is 1.55. The molecule has 1 saturated heterocycles. The van der Waals surface area contributed by atoms with Crippen molar-refractivity contribution in [3.05, 3.63) is 64.4 Å². The zero-order valence-corrected chi connectivity index (χ0v) is 12.3. The van der Waals surface area contributed by atoms with E-state index in [1.165, 1.54) is 0 Å². The molecule has 0 spiro atoms. The summed E-state index contributed by atoms with van der Waals surface area (Å²) in [5.41, 5.74) is 2.20. The average molecular weight is 300 g/mol. The number of carbonyl (C=O) groups excluding carboxylic acids is 1. The number of amides is 1. The van der Waals surface area contributed by atoms with Crippen LogP contribution in [0.1, 0.15) is 21.5 Å². The molecule has 2 aromatic rings. The molecule has 1 atom stereocenters. The minimum atomic E-state index is -0.550. The highest BCUT2D eigenvalue weighted by molar-refractivity contribution is 6.30. The number of carbonyl (C=O) groups is 1. The summed E-state index contributed by atoms with van der Waals surface area (Å²) in [6, 6.07) is 9.53. The molecule has 1 aromatic heterocycles. The maximum atomic E-state index is 12.7. The number of likely N-dealkylation sites (N-methyl/N-ethyl adjacent to an activating group) is 1. The minimum absolute atomic E-state index is 0.0756. The van der Waals surface area contributed by atoms with Crippen LogP contribution >= 0.6 is 11.6 Å². The predicted octanol–water partition coefficient (Wildman–Crippen LogP) is 2.34. The van der Waals surface area contributed by atoms with Gasteiger partial charge >= 0.3 is 0 Å². The zero-order valence-electron chi connectivity index (χ0n) is 11.6. The number of fused-ring (bicyclic) bond motifs is 3. The first-order valence-electron chi connectivity index (χ1n) is 6.89. The fourth-order valence-corrected chi connectivity index (χ4v) is 3.72. The first-order valence-corrected chi connectivity index (χ1v) is 7.27. The molecule has 106 valence electrons. The van der Waals surface area contributed by atoms with Gasteiger partial charge < -0.3 is 4.90 Å². The molecule has 2 aliphatic heterocycles. The van der Waals surface area contributed by atoms with Crippen LogP contribution in [0.2, 0.25) is 5.02 Å². The number of hydrogen-bond acceptors (Lipinski definition) is 3. The highest BCUT2D eigenvalue weighted by Crippen LogP contribution is 2.48. The van der Waals surface area contributed by atoms with Gasteiger partial charge in [-0.1, -0.05) is 23.7 Å². The Bertz CT molecular complexity index is 731. The summed E-state index contributed by atoms with van der Waals surface area (Å²) in [4.78, 5) is 21.1. The summed E-state index contributed by atoms with van der Waals surface area (Å²) in [7, 11) is 2.05. The van der Waals surface area contributed by atoms with E-state index >= 15 is 0 Å². The van der Waals surface area contributed by atoms with Crippen LogP contribution in [0.3, 0.4) is 0 Å².